The van der Waals surface area contributed by atoms with Crippen molar-refractivity contribution in [3.63, 3.8) is 0 Å². The average molecular weight is 445 g/mol. The number of rotatable bonds is 5. The van der Waals surface area contributed by atoms with Crippen LogP contribution in [0.15, 0.2) is 41.4 Å². The summed E-state index contributed by atoms with van der Waals surface area (Å²) in [6.07, 6.45) is 2.04. The van der Waals surface area contributed by atoms with Crippen molar-refractivity contribution in [3.8, 4) is 6.07 Å². The lowest BCUT2D eigenvalue weighted by molar-refractivity contribution is 0.164. The Morgan fingerprint density at radius 1 is 1.30 bits per heavy atom. The standard InChI is InChI=1S/C21H21ClN4O3S/c1-30(28,29)9-8-24-20-16-10-14(12-23)15(13-6-7-13)11-19(16)26(21(27)25-20)18-5-3-2-4-17(18)22/h2-5,10-11,13,21,27H,6-9H2,1H3,(H,24,25). The Balaban J connectivity index is 1.86. The van der Waals surface area contributed by atoms with E-state index in [4.69, 9.17) is 11.6 Å². The first kappa shape index (κ1) is 20.7. The van der Waals surface area contributed by atoms with Gasteiger partial charge in [0.1, 0.15) is 15.7 Å². The molecule has 9 heteroatoms. The fourth-order valence-electron chi connectivity index (χ4n) is 3.58. The van der Waals surface area contributed by atoms with Gasteiger partial charge in [0, 0.05) is 11.8 Å². The summed E-state index contributed by atoms with van der Waals surface area (Å²) in [5.41, 5.74) is 3.41. The van der Waals surface area contributed by atoms with Gasteiger partial charge in [-0.1, -0.05) is 23.7 Å². The van der Waals surface area contributed by atoms with Gasteiger partial charge in [-0.15, -0.1) is 0 Å². The molecule has 1 atom stereocenters. The zero-order valence-corrected chi connectivity index (χ0v) is 17.9. The monoisotopic (exact) mass is 444 g/mol. The van der Waals surface area contributed by atoms with Crippen molar-refractivity contribution < 1.29 is 13.5 Å². The van der Waals surface area contributed by atoms with Crippen LogP contribution in [0.4, 0.5) is 11.4 Å². The highest BCUT2D eigenvalue weighted by Crippen LogP contribution is 2.46. The third-order valence-electron chi connectivity index (χ3n) is 5.17. The maximum atomic E-state index is 11.5. The second kappa shape index (κ2) is 7.91. The lowest BCUT2D eigenvalue weighted by Gasteiger charge is -2.38. The van der Waals surface area contributed by atoms with E-state index in [-0.39, 0.29) is 12.3 Å². The van der Waals surface area contributed by atoms with Crippen molar-refractivity contribution in [1.82, 2.24) is 5.32 Å². The van der Waals surface area contributed by atoms with E-state index in [9.17, 15) is 18.8 Å². The fraction of sp³-hybridized carbons (Fsp3) is 0.333. The van der Waals surface area contributed by atoms with Crippen LogP contribution in [0, 0.1) is 11.3 Å². The number of benzene rings is 2. The van der Waals surface area contributed by atoms with E-state index in [2.05, 4.69) is 16.4 Å². The Labute approximate surface area is 180 Å². The molecule has 1 heterocycles. The second-order valence-corrected chi connectivity index (χ2v) is 10.2. The van der Waals surface area contributed by atoms with Gasteiger partial charge < -0.3 is 10.4 Å². The number of nitrogens with one attached hydrogen (secondary N) is 1. The van der Waals surface area contributed by atoms with E-state index in [0.717, 1.165) is 24.7 Å². The number of aliphatic hydroxyl groups excluding tert-OH is 1. The Hall–Kier alpha value is -2.60. The van der Waals surface area contributed by atoms with Crippen LogP contribution in [-0.4, -0.2) is 44.3 Å². The van der Waals surface area contributed by atoms with Crippen molar-refractivity contribution in [3.05, 3.63) is 58.1 Å². The number of anilines is 2. The van der Waals surface area contributed by atoms with Crippen molar-refractivity contribution >= 4 is 38.6 Å². The van der Waals surface area contributed by atoms with Gasteiger partial charge in [-0.2, -0.15) is 5.26 Å². The number of sulfone groups is 1. The number of para-hydroxylation sites is 1. The zero-order chi connectivity index (χ0) is 21.5. The third kappa shape index (κ3) is 4.15. The number of hydrogen-bond donors (Lipinski definition) is 2. The average Bonchev–Trinajstić information content (AvgIpc) is 3.52. The molecule has 2 aliphatic rings. The summed E-state index contributed by atoms with van der Waals surface area (Å²) < 4.78 is 23.0. The van der Waals surface area contributed by atoms with Gasteiger partial charge in [0.2, 0.25) is 6.35 Å². The summed E-state index contributed by atoms with van der Waals surface area (Å²) in [4.78, 5) is 6.04. The van der Waals surface area contributed by atoms with Gasteiger partial charge in [0.15, 0.2) is 0 Å². The minimum Gasteiger partial charge on any atom is -0.356 e. The Bertz CT molecular complexity index is 1170. The van der Waals surface area contributed by atoms with Crippen LogP contribution in [0.1, 0.15) is 35.4 Å². The maximum Gasteiger partial charge on any atom is 0.210 e. The van der Waals surface area contributed by atoms with Crippen LogP contribution < -0.4 is 10.2 Å². The van der Waals surface area contributed by atoms with Crippen LogP contribution in [0.5, 0.6) is 0 Å². The van der Waals surface area contributed by atoms with Gasteiger partial charge in [-0.05, 0) is 48.6 Å². The molecule has 1 aliphatic carbocycles. The molecule has 30 heavy (non-hydrogen) atoms. The Morgan fingerprint density at radius 3 is 2.67 bits per heavy atom. The van der Waals surface area contributed by atoms with Gasteiger partial charge in [-0.25, -0.2) is 8.42 Å². The molecular weight excluding hydrogens is 424 g/mol. The predicted molar refractivity (Wildman–Crippen MR) is 117 cm³/mol. The first-order chi connectivity index (χ1) is 14.3. The molecular formula is C21H21ClN4O3S. The molecule has 1 unspecified atom stereocenters. The molecule has 1 aliphatic heterocycles. The highest BCUT2D eigenvalue weighted by atomic mass is 35.5. The molecule has 1 saturated carbocycles. The highest BCUT2D eigenvalue weighted by molar-refractivity contribution is 7.90. The minimum absolute atomic E-state index is 0.0473. The maximum absolute atomic E-state index is 11.5. The van der Waals surface area contributed by atoms with Crippen LogP contribution in [-0.2, 0) is 9.84 Å². The predicted octanol–water partition coefficient (Wildman–Crippen LogP) is 2.90. The first-order valence-electron chi connectivity index (χ1n) is 9.57. The third-order valence-corrected chi connectivity index (χ3v) is 6.42. The van der Waals surface area contributed by atoms with E-state index < -0.39 is 16.2 Å². The summed E-state index contributed by atoms with van der Waals surface area (Å²) >= 11 is 6.40. The van der Waals surface area contributed by atoms with Crippen molar-refractivity contribution in [1.29, 1.82) is 5.26 Å². The number of hydrogen-bond acceptors (Lipinski definition) is 6. The van der Waals surface area contributed by atoms with Gasteiger partial charge in [-0.3, -0.25) is 9.89 Å². The summed E-state index contributed by atoms with van der Waals surface area (Å²) in [7, 11) is -3.18. The highest BCUT2D eigenvalue weighted by Gasteiger charge is 2.34. The topological polar surface area (TPSA) is 106 Å². The number of halogens is 1. The summed E-state index contributed by atoms with van der Waals surface area (Å²) in [5, 5.41) is 23.9. The number of nitrogens with zero attached hydrogens (tertiary/aromatic N) is 3. The zero-order valence-electron chi connectivity index (χ0n) is 16.3. The molecule has 156 valence electrons. The summed E-state index contributed by atoms with van der Waals surface area (Å²) in [6.45, 7) is 0.0473. The second-order valence-electron chi connectivity index (χ2n) is 7.54. The number of nitriles is 1. The van der Waals surface area contributed by atoms with Crippen molar-refractivity contribution in [2.45, 2.75) is 25.1 Å². The van der Waals surface area contributed by atoms with Crippen LogP contribution in [0.2, 0.25) is 5.02 Å². The molecule has 0 bridgehead atoms. The number of aliphatic imine (C=N–C) groups is 1. The molecule has 0 spiro atoms. The van der Waals surface area contributed by atoms with E-state index in [0.29, 0.717) is 39.3 Å². The minimum atomic E-state index is -3.18. The van der Waals surface area contributed by atoms with Crippen molar-refractivity contribution in [2.24, 2.45) is 4.99 Å². The molecule has 4 rings (SSSR count). The lowest BCUT2D eigenvalue weighted by atomic mass is 9.96. The summed E-state index contributed by atoms with van der Waals surface area (Å²) in [5.74, 6) is 0.572. The molecule has 2 aromatic carbocycles. The molecule has 2 aromatic rings. The fourth-order valence-corrected chi connectivity index (χ4v) is 4.23. The molecule has 2 N–H and O–H groups in total. The van der Waals surface area contributed by atoms with Gasteiger partial charge >= 0.3 is 0 Å². The summed E-state index contributed by atoms with van der Waals surface area (Å²) in [6, 6.07) is 13.1. The van der Waals surface area contributed by atoms with Crippen LogP contribution >= 0.6 is 11.6 Å². The molecule has 0 aromatic heterocycles. The normalized spacial score (nSPS) is 19.9. The van der Waals surface area contributed by atoms with E-state index in [1.165, 1.54) is 0 Å². The quantitative estimate of drug-likeness (QED) is 0.734. The molecule has 0 radical (unpaired) electrons. The van der Waals surface area contributed by atoms with Gasteiger partial charge in [0.05, 0.1) is 40.3 Å². The van der Waals surface area contributed by atoms with E-state index in [1.54, 1.807) is 23.1 Å². The Morgan fingerprint density at radius 2 is 2.03 bits per heavy atom. The first-order valence-corrected chi connectivity index (χ1v) is 12.0. The lowest BCUT2D eigenvalue weighted by Crippen LogP contribution is -2.51. The number of fused-ring (bicyclic) bond motifs is 1. The molecule has 1 fully saturated rings. The van der Waals surface area contributed by atoms with E-state index in [1.807, 2.05) is 18.2 Å². The van der Waals surface area contributed by atoms with Crippen LogP contribution in [0.3, 0.4) is 0 Å². The smallest absolute Gasteiger partial charge is 0.210 e. The van der Waals surface area contributed by atoms with E-state index >= 15 is 0 Å². The largest absolute Gasteiger partial charge is 0.356 e. The van der Waals surface area contributed by atoms with Crippen LogP contribution in [0.25, 0.3) is 0 Å². The molecule has 0 amide bonds. The number of amidine groups is 1. The Kier molecular flexibility index (Phi) is 5.45. The van der Waals surface area contributed by atoms with Crippen molar-refractivity contribution in [2.75, 3.05) is 23.5 Å². The molecule has 7 nitrogen and oxygen atoms in total. The number of aliphatic hydroxyl groups is 1. The molecule has 0 saturated heterocycles. The SMILES string of the molecule is CS(=O)(=O)CCN=C1NC(O)N(c2ccccc2Cl)c2cc(C3CC3)c(C#N)cc21. The van der Waals surface area contributed by atoms with Gasteiger partial charge in [0.25, 0.3) is 0 Å².